The summed E-state index contributed by atoms with van der Waals surface area (Å²) >= 11 is 0. The molecule has 2 aliphatic heterocycles. The molecule has 3 aromatic carbocycles. The number of methoxy groups -OCH3 is 1. The molecule has 1 aromatic heterocycles. The second-order valence-electron chi connectivity index (χ2n) is 24.2. The fourth-order valence-corrected chi connectivity index (χ4v) is 12.1. The molecular weight excluding hydrogens is 1180 g/mol. The number of carbonyl (C=O) groups is 10. The lowest BCUT2D eigenvalue weighted by atomic mass is 9.96. The Morgan fingerprint density at radius 3 is 1.71 bits per heavy atom. The first-order valence-corrected chi connectivity index (χ1v) is 32.4. The average molecular weight is 1270 g/mol. The molecule has 26 heteroatoms. The Kier molecular flexibility index (Phi) is 25.6. The number of hydrogen-bond acceptors (Lipinski definition) is 15. The molecule has 0 aliphatic carbocycles. The minimum absolute atomic E-state index is 0.0245. The molecule has 0 bridgehead atoms. The third-order valence-corrected chi connectivity index (χ3v) is 17.2. The Bertz CT molecular complexity index is 3400. The first-order chi connectivity index (χ1) is 42.7. The summed E-state index contributed by atoms with van der Waals surface area (Å²) in [5.41, 5.74) is 0.152. The van der Waals surface area contributed by atoms with Crippen molar-refractivity contribution in [2.24, 2.45) is 23.7 Å². The van der Waals surface area contributed by atoms with Gasteiger partial charge in [-0.3, -0.25) is 47.9 Å². The number of carbonyl (C=O) groups excluding carboxylic acids is 10. The maximum atomic E-state index is 14.9. The fraction of sp³-hybridized carbons (Fsp3) is 0.516. The van der Waals surface area contributed by atoms with Crippen LogP contribution >= 0.6 is 0 Å². The number of amides is 10. The number of nitrogens with zero attached hydrogens (tertiary/aromatic N) is 1. The first kappa shape index (κ1) is 70.4. The topological polar surface area (TPSA) is 356 Å². The molecule has 10 amide bonds. The largest absolute Gasteiger partial charge is 0.497 e. The van der Waals surface area contributed by atoms with E-state index in [0.717, 1.165) is 0 Å². The highest BCUT2D eigenvalue weighted by Gasteiger charge is 2.42. The van der Waals surface area contributed by atoms with Gasteiger partial charge >= 0.3 is 5.63 Å². The highest BCUT2D eigenvalue weighted by atomic mass is 32.2. The van der Waals surface area contributed by atoms with E-state index >= 15 is 0 Å². The number of rotatable bonds is 20. The van der Waals surface area contributed by atoms with E-state index < -0.39 is 146 Å². The molecule has 0 spiro atoms. The van der Waals surface area contributed by atoms with E-state index in [-0.39, 0.29) is 81.1 Å². The number of sulfone groups is 1. The standard InChI is InChI=1S/C64H86N10O15S/c1-10-39(8)54-62(83)71-49(34-90(86,87)35-52(75)65-25-26-66-55(76)44-32-42-23-24-43(88-9)33-51(42)89-64(44)85)59(80)67-46(29-37(4)5)57(78)72-53(38(6)7)61(82)70-48(31-41-20-15-12-16-21-41)63(84)74-27-17-22-50(74)60(81)69-45(28-36(2)3)56(77)68-47(58(79)73-54)30-40-18-13-11-14-19-40/h11-16,18-21,23-24,32-33,36-39,45-50,53-54H,10,17,22,25-31,34-35H2,1-9H3,(H,65,75)(H,66,76)(H,67,80)(H,68,77)(H,69,81)(H,70,82)(H,71,83)(H,72,78)(H,73,79)/t39-,45-,46-,47-,48-,49-,50-,53-,54-/m0/s1. The zero-order valence-corrected chi connectivity index (χ0v) is 53.3. The quantitative estimate of drug-likeness (QED) is 0.0450. The van der Waals surface area contributed by atoms with Gasteiger partial charge in [-0.1, -0.05) is 122 Å². The lowest BCUT2D eigenvalue weighted by Crippen LogP contribution is -2.63. The second kappa shape index (κ2) is 32.7. The van der Waals surface area contributed by atoms with Crippen molar-refractivity contribution in [3.63, 3.8) is 0 Å². The monoisotopic (exact) mass is 1270 g/mol. The van der Waals surface area contributed by atoms with Crippen molar-refractivity contribution in [1.82, 2.24) is 52.8 Å². The molecule has 3 heterocycles. The molecule has 488 valence electrons. The molecule has 25 nitrogen and oxygen atoms in total. The van der Waals surface area contributed by atoms with Crippen LogP contribution in [-0.2, 0) is 65.8 Å². The van der Waals surface area contributed by atoms with Gasteiger partial charge in [0.15, 0.2) is 9.84 Å². The van der Waals surface area contributed by atoms with Crippen molar-refractivity contribution in [2.45, 2.75) is 149 Å². The van der Waals surface area contributed by atoms with Crippen LogP contribution in [-0.4, -0.2) is 159 Å². The van der Waals surface area contributed by atoms with E-state index in [1.54, 1.807) is 114 Å². The van der Waals surface area contributed by atoms with E-state index in [0.29, 0.717) is 28.7 Å². The number of nitrogens with one attached hydrogen (secondary N) is 9. The van der Waals surface area contributed by atoms with Crippen LogP contribution in [0.5, 0.6) is 5.75 Å². The van der Waals surface area contributed by atoms with Crippen LogP contribution in [0.15, 0.2) is 94.1 Å². The zero-order valence-electron chi connectivity index (χ0n) is 52.5. The van der Waals surface area contributed by atoms with Gasteiger partial charge in [0.25, 0.3) is 5.91 Å². The van der Waals surface area contributed by atoms with E-state index in [1.807, 2.05) is 13.8 Å². The molecule has 0 saturated carbocycles. The summed E-state index contributed by atoms with van der Waals surface area (Å²) in [5.74, 6) is -12.6. The van der Waals surface area contributed by atoms with E-state index in [1.165, 1.54) is 24.1 Å². The number of benzene rings is 3. The van der Waals surface area contributed by atoms with Gasteiger partial charge in [-0.05, 0) is 78.7 Å². The van der Waals surface area contributed by atoms with Crippen LogP contribution < -0.4 is 58.2 Å². The van der Waals surface area contributed by atoms with Gasteiger partial charge in [0, 0.05) is 43.9 Å². The average Bonchev–Trinajstić information content (AvgIpc) is 1.28. The molecule has 4 aromatic rings. The maximum absolute atomic E-state index is 14.9. The van der Waals surface area contributed by atoms with Crippen molar-refractivity contribution in [3.05, 3.63) is 112 Å². The minimum atomic E-state index is -4.71. The van der Waals surface area contributed by atoms with Gasteiger partial charge in [-0.25, -0.2) is 13.2 Å². The van der Waals surface area contributed by atoms with Crippen molar-refractivity contribution in [2.75, 3.05) is 38.2 Å². The van der Waals surface area contributed by atoms with Gasteiger partial charge in [0.05, 0.1) is 12.9 Å². The van der Waals surface area contributed by atoms with Gasteiger partial charge in [0.1, 0.15) is 71.0 Å². The summed E-state index contributed by atoms with van der Waals surface area (Å²) in [6, 6.07) is 12.1. The van der Waals surface area contributed by atoms with Gasteiger partial charge in [-0.15, -0.1) is 0 Å². The molecule has 0 unspecified atom stereocenters. The Morgan fingerprint density at radius 1 is 0.611 bits per heavy atom. The van der Waals surface area contributed by atoms with Gasteiger partial charge in [0.2, 0.25) is 53.2 Å². The molecule has 6 rings (SSSR count). The Balaban J connectivity index is 1.34. The lowest BCUT2D eigenvalue weighted by molar-refractivity contribution is -0.143. The first-order valence-electron chi connectivity index (χ1n) is 30.5. The molecule has 2 fully saturated rings. The van der Waals surface area contributed by atoms with Crippen LogP contribution in [0.2, 0.25) is 0 Å². The maximum Gasteiger partial charge on any atom is 0.349 e. The summed E-state index contributed by atoms with van der Waals surface area (Å²) in [6.45, 7) is 13.3. The molecule has 9 atom stereocenters. The molecule has 2 saturated heterocycles. The SMILES string of the molecule is CC[C@H](C)[C@@H]1NC(=O)[C@H](Cc2ccccc2)NC(=O)[C@H](CC(C)C)NC(=O)[C@@H]2CCCN2C(=O)[C@H](Cc2ccccc2)NC(=O)[C@H](C(C)C)NC(=O)[C@H](CC(C)C)NC(=O)[C@H](CS(=O)(=O)CC(=O)NCCNC(=O)c2cc3ccc(OC)cc3oc2=O)NC1=O. The fourth-order valence-electron chi connectivity index (χ4n) is 10.7. The summed E-state index contributed by atoms with van der Waals surface area (Å²) in [7, 11) is -3.27. The highest BCUT2D eigenvalue weighted by molar-refractivity contribution is 7.92. The van der Waals surface area contributed by atoms with E-state index in [2.05, 4.69) is 47.9 Å². The Hall–Kier alpha value is -8.68. The number of ether oxygens (including phenoxy) is 1. The third kappa shape index (κ3) is 20.2. The smallest absolute Gasteiger partial charge is 0.349 e. The molecule has 9 N–H and O–H groups in total. The van der Waals surface area contributed by atoms with Crippen LogP contribution in [0.1, 0.15) is 109 Å². The third-order valence-electron chi connectivity index (χ3n) is 15.7. The van der Waals surface area contributed by atoms with E-state index in [4.69, 9.17) is 9.15 Å². The molecule has 90 heavy (non-hydrogen) atoms. The normalized spacial score (nSPS) is 22.5. The van der Waals surface area contributed by atoms with Gasteiger partial charge in [-0.2, -0.15) is 0 Å². The number of fused-ring (bicyclic) bond motifs is 2. The predicted octanol–water partition coefficient (Wildman–Crippen LogP) is 1.74. The lowest BCUT2D eigenvalue weighted by Gasteiger charge is -2.32. The predicted molar refractivity (Wildman–Crippen MR) is 335 cm³/mol. The van der Waals surface area contributed by atoms with Crippen LogP contribution in [0.25, 0.3) is 11.0 Å². The van der Waals surface area contributed by atoms with E-state index in [9.17, 15) is 61.2 Å². The second-order valence-corrected chi connectivity index (χ2v) is 26.4. The summed E-state index contributed by atoms with van der Waals surface area (Å²) in [4.78, 5) is 158. The van der Waals surface area contributed by atoms with Crippen molar-refractivity contribution in [1.29, 1.82) is 0 Å². The van der Waals surface area contributed by atoms with Crippen LogP contribution in [0, 0.1) is 23.7 Å². The van der Waals surface area contributed by atoms with Crippen molar-refractivity contribution in [3.8, 4) is 5.75 Å². The summed E-state index contributed by atoms with van der Waals surface area (Å²) in [6.07, 6.45) is 0.765. The van der Waals surface area contributed by atoms with Crippen molar-refractivity contribution < 1.29 is 65.5 Å². The van der Waals surface area contributed by atoms with Crippen LogP contribution in [0.3, 0.4) is 0 Å². The Morgan fingerprint density at radius 2 is 1.12 bits per heavy atom. The zero-order chi connectivity index (χ0) is 66.0. The van der Waals surface area contributed by atoms with Gasteiger partial charge < -0.3 is 61.9 Å². The van der Waals surface area contributed by atoms with Crippen LogP contribution in [0.4, 0.5) is 0 Å². The highest BCUT2D eigenvalue weighted by Crippen LogP contribution is 2.23. The van der Waals surface area contributed by atoms with Crippen molar-refractivity contribution >= 4 is 79.9 Å². The minimum Gasteiger partial charge on any atom is -0.497 e. The number of hydrogen-bond donors (Lipinski definition) is 9. The summed E-state index contributed by atoms with van der Waals surface area (Å²) < 4.78 is 38.7. The molecule has 0 radical (unpaired) electrons. The molecule has 2 aliphatic rings. The Labute approximate surface area is 524 Å². The summed E-state index contributed by atoms with van der Waals surface area (Å²) in [5, 5.41) is 24.3. The molecular formula is C64H86N10O15S.